The Kier molecular flexibility index (Phi) is 4.41. The Bertz CT molecular complexity index is 502. The van der Waals surface area contributed by atoms with Crippen LogP contribution in [0.3, 0.4) is 0 Å². The quantitative estimate of drug-likeness (QED) is 0.931. The highest BCUT2D eigenvalue weighted by atomic mass is 35.5. The van der Waals surface area contributed by atoms with Gasteiger partial charge < -0.3 is 19.5 Å². The van der Waals surface area contributed by atoms with E-state index in [2.05, 4.69) is 5.32 Å². The molecule has 2 aliphatic rings. The second-order valence-electron chi connectivity index (χ2n) is 5.81. The molecule has 0 aromatic heterocycles. The lowest BCUT2D eigenvalue weighted by Crippen LogP contribution is -2.52. The van der Waals surface area contributed by atoms with Gasteiger partial charge in [0.25, 0.3) is 0 Å². The van der Waals surface area contributed by atoms with Crippen LogP contribution in [-0.4, -0.2) is 38.2 Å². The minimum Gasteiger partial charge on any atom is -0.489 e. The molecule has 1 heterocycles. The van der Waals surface area contributed by atoms with E-state index in [0.717, 1.165) is 35.6 Å². The molecule has 2 fully saturated rings. The molecule has 116 valence electrons. The number of nitrogens with one attached hydrogen (secondary N) is 1. The van der Waals surface area contributed by atoms with Gasteiger partial charge in [0.2, 0.25) is 0 Å². The molecular formula is C16H22ClNO3. The molecule has 0 amide bonds. The van der Waals surface area contributed by atoms with E-state index >= 15 is 0 Å². The van der Waals surface area contributed by atoms with Crippen LogP contribution in [0.25, 0.3) is 0 Å². The molecule has 0 bridgehead atoms. The fraction of sp³-hybridized carbons (Fsp3) is 0.625. The lowest BCUT2D eigenvalue weighted by Gasteiger charge is -2.40. The summed E-state index contributed by atoms with van der Waals surface area (Å²) >= 11 is 6.07. The van der Waals surface area contributed by atoms with E-state index in [1.807, 2.05) is 32.2 Å². The van der Waals surface area contributed by atoms with Crippen LogP contribution in [0.15, 0.2) is 18.2 Å². The van der Waals surface area contributed by atoms with Crippen molar-refractivity contribution in [2.75, 3.05) is 20.3 Å². The average molecular weight is 312 g/mol. The zero-order valence-electron chi connectivity index (χ0n) is 12.5. The van der Waals surface area contributed by atoms with Crippen LogP contribution in [0.1, 0.15) is 24.8 Å². The molecule has 1 aromatic rings. The highest BCUT2D eigenvalue weighted by Gasteiger charge is 2.45. The van der Waals surface area contributed by atoms with Crippen LogP contribution in [0.5, 0.6) is 5.75 Å². The van der Waals surface area contributed by atoms with E-state index in [0.29, 0.717) is 19.3 Å². The van der Waals surface area contributed by atoms with Gasteiger partial charge in [-0.05, 0) is 44.2 Å². The summed E-state index contributed by atoms with van der Waals surface area (Å²) in [4.78, 5) is 0. The first-order chi connectivity index (χ1) is 10.1. The van der Waals surface area contributed by atoms with E-state index in [4.69, 9.17) is 25.8 Å². The van der Waals surface area contributed by atoms with Gasteiger partial charge in [-0.15, -0.1) is 0 Å². The number of halogens is 1. The summed E-state index contributed by atoms with van der Waals surface area (Å²) in [5.74, 6) is 0.400. The van der Waals surface area contributed by atoms with Gasteiger partial charge in [-0.25, -0.2) is 0 Å². The molecule has 1 aliphatic carbocycles. The standard InChI is InChI=1S/C16H22ClNO3/c1-11-9-12(3-4-13(11)17)21-15-10-16(19-7-8-20-16)6-5-14(15)18-2/h3-4,9,14-15,18H,5-8,10H2,1-2H3. The Hall–Kier alpha value is -0.810. The predicted octanol–water partition coefficient (Wildman–Crippen LogP) is 2.91. The molecule has 1 aromatic carbocycles. The van der Waals surface area contributed by atoms with Crippen molar-refractivity contribution in [3.8, 4) is 5.75 Å². The van der Waals surface area contributed by atoms with Crippen LogP contribution in [0, 0.1) is 6.92 Å². The maximum absolute atomic E-state index is 6.20. The first-order valence-electron chi connectivity index (χ1n) is 7.50. The van der Waals surface area contributed by atoms with Gasteiger partial charge in [0.1, 0.15) is 11.9 Å². The van der Waals surface area contributed by atoms with Gasteiger partial charge in [-0.3, -0.25) is 0 Å². The third kappa shape index (κ3) is 3.19. The number of ether oxygens (including phenoxy) is 3. The summed E-state index contributed by atoms with van der Waals surface area (Å²) in [6, 6.07) is 6.08. The Labute approximate surface area is 130 Å². The molecule has 1 saturated carbocycles. The fourth-order valence-electron chi connectivity index (χ4n) is 3.19. The third-order valence-electron chi connectivity index (χ3n) is 4.40. The second kappa shape index (κ2) is 6.13. The molecule has 1 aliphatic heterocycles. The van der Waals surface area contributed by atoms with Crippen molar-refractivity contribution in [2.45, 2.75) is 44.1 Å². The van der Waals surface area contributed by atoms with Crippen molar-refractivity contribution < 1.29 is 14.2 Å². The molecule has 21 heavy (non-hydrogen) atoms. The van der Waals surface area contributed by atoms with Crippen LogP contribution < -0.4 is 10.1 Å². The summed E-state index contributed by atoms with van der Waals surface area (Å²) in [6.07, 6.45) is 2.67. The summed E-state index contributed by atoms with van der Waals surface area (Å²) in [7, 11) is 1.97. The topological polar surface area (TPSA) is 39.7 Å². The van der Waals surface area contributed by atoms with Crippen molar-refractivity contribution in [3.05, 3.63) is 28.8 Å². The first-order valence-corrected chi connectivity index (χ1v) is 7.88. The van der Waals surface area contributed by atoms with Crippen LogP contribution >= 0.6 is 11.6 Å². The normalized spacial score (nSPS) is 28.0. The molecule has 5 heteroatoms. The molecule has 0 radical (unpaired) electrons. The molecule has 2 unspecified atom stereocenters. The van der Waals surface area contributed by atoms with Crippen LogP contribution in [0.4, 0.5) is 0 Å². The highest BCUT2D eigenvalue weighted by Crippen LogP contribution is 2.37. The molecule has 1 N–H and O–H groups in total. The van der Waals surface area contributed by atoms with Crippen molar-refractivity contribution in [3.63, 3.8) is 0 Å². The van der Waals surface area contributed by atoms with Crippen molar-refractivity contribution >= 4 is 11.6 Å². The zero-order valence-corrected chi connectivity index (χ0v) is 13.3. The lowest BCUT2D eigenvalue weighted by atomic mass is 9.87. The second-order valence-corrected chi connectivity index (χ2v) is 6.22. The first kappa shape index (κ1) is 15.1. The van der Waals surface area contributed by atoms with Crippen molar-refractivity contribution in [1.29, 1.82) is 0 Å². The Morgan fingerprint density at radius 2 is 2.10 bits per heavy atom. The summed E-state index contributed by atoms with van der Waals surface area (Å²) in [5, 5.41) is 4.10. The number of rotatable bonds is 3. The summed E-state index contributed by atoms with van der Waals surface area (Å²) in [6.45, 7) is 3.34. The van der Waals surface area contributed by atoms with E-state index in [1.165, 1.54) is 0 Å². The highest BCUT2D eigenvalue weighted by molar-refractivity contribution is 6.31. The number of likely N-dealkylation sites (N-methyl/N-ethyl adjacent to an activating group) is 1. The van der Waals surface area contributed by atoms with Gasteiger partial charge in [0, 0.05) is 23.9 Å². The van der Waals surface area contributed by atoms with Gasteiger partial charge in [0.05, 0.1) is 13.2 Å². The average Bonchev–Trinajstić information content (AvgIpc) is 2.91. The Morgan fingerprint density at radius 1 is 1.33 bits per heavy atom. The summed E-state index contributed by atoms with van der Waals surface area (Å²) < 4.78 is 17.9. The number of hydrogen-bond acceptors (Lipinski definition) is 4. The van der Waals surface area contributed by atoms with Crippen LogP contribution in [0.2, 0.25) is 5.02 Å². The van der Waals surface area contributed by atoms with Crippen molar-refractivity contribution in [1.82, 2.24) is 5.32 Å². The number of benzene rings is 1. The van der Waals surface area contributed by atoms with Gasteiger partial charge in [0.15, 0.2) is 5.79 Å². The van der Waals surface area contributed by atoms with Gasteiger partial charge in [-0.1, -0.05) is 11.6 Å². The molecule has 1 spiro atoms. The minimum absolute atomic E-state index is 0.0300. The van der Waals surface area contributed by atoms with E-state index in [1.54, 1.807) is 0 Å². The molecular weight excluding hydrogens is 290 g/mol. The van der Waals surface area contributed by atoms with Crippen molar-refractivity contribution in [2.24, 2.45) is 0 Å². The number of hydrogen-bond donors (Lipinski definition) is 1. The van der Waals surface area contributed by atoms with Crippen LogP contribution in [-0.2, 0) is 9.47 Å². The van der Waals surface area contributed by atoms with E-state index in [-0.39, 0.29) is 6.10 Å². The summed E-state index contributed by atoms with van der Waals surface area (Å²) in [5.41, 5.74) is 1.02. The molecule has 2 atom stereocenters. The maximum Gasteiger partial charge on any atom is 0.172 e. The van der Waals surface area contributed by atoms with E-state index in [9.17, 15) is 0 Å². The molecule has 3 rings (SSSR count). The smallest absolute Gasteiger partial charge is 0.172 e. The minimum atomic E-state index is -0.445. The van der Waals surface area contributed by atoms with E-state index < -0.39 is 5.79 Å². The molecule has 1 saturated heterocycles. The lowest BCUT2D eigenvalue weighted by molar-refractivity contribution is -0.196. The Balaban J connectivity index is 1.75. The third-order valence-corrected chi connectivity index (χ3v) is 4.82. The largest absolute Gasteiger partial charge is 0.489 e. The monoisotopic (exact) mass is 311 g/mol. The maximum atomic E-state index is 6.20. The van der Waals surface area contributed by atoms with Gasteiger partial charge in [-0.2, -0.15) is 0 Å². The zero-order chi connectivity index (χ0) is 14.9. The SMILES string of the molecule is CNC1CCC2(CC1Oc1ccc(Cl)c(C)c1)OCCO2. The molecule has 4 nitrogen and oxygen atoms in total. The fourth-order valence-corrected chi connectivity index (χ4v) is 3.31. The number of aryl methyl sites for hydroxylation is 1. The Morgan fingerprint density at radius 3 is 2.76 bits per heavy atom. The van der Waals surface area contributed by atoms with Gasteiger partial charge >= 0.3 is 0 Å². The predicted molar refractivity (Wildman–Crippen MR) is 81.9 cm³/mol.